The van der Waals surface area contributed by atoms with Crippen LogP contribution in [0.15, 0.2) is 0 Å². The van der Waals surface area contributed by atoms with Crippen molar-refractivity contribution in [1.82, 2.24) is 0 Å². The van der Waals surface area contributed by atoms with Crippen molar-refractivity contribution in [2.75, 3.05) is 24.7 Å². The maximum Gasteiger partial charge on any atom is 0.0665 e. The van der Waals surface area contributed by atoms with Gasteiger partial charge in [-0.15, -0.1) is 0 Å². The zero-order chi connectivity index (χ0) is 17.2. The summed E-state index contributed by atoms with van der Waals surface area (Å²) in [4.78, 5) is 0. The van der Waals surface area contributed by atoms with Gasteiger partial charge in [0.15, 0.2) is 0 Å². The smallest absolute Gasteiger partial charge is 0.0665 e. The van der Waals surface area contributed by atoms with Gasteiger partial charge in [0.05, 0.1) is 12.2 Å². The molecule has 0 saturated heterocycles. The fraction of sp³-hybridized carbons (Fsp3) is 1.00. The molecule has 140 valence electrons. The van der Waals surface area contributed by atoms with Crippen LogP contribution in [0.2, 0.25) is 0 Å². The molecule has 0 fully saturated rings. The molecule has 0 aromatic carbocycles. The van der Waals surface area contributed by atoms with E-state index in [1.807, 2.05) is 11.8 Å². The van der Waals surface area contributed by atoms with Crippen molar-refractivity contribution in [2.24, 2.45) is 0 Å². The highest BCUT2D eigenvalue weighted by Gasteiger charge is 2.12. The molecule has 0 aliphatic carbocycles. The minimum atomic E-state index is 0.434. The number of rotatable bonds is 18. The van der Waals surface area contributed by atoms with Gasteiger partial charge in [0.2, 0.25) is 0 Å². The minimum Gasteiger partial charge on any atom is -0.378 e. The molecule has 2 nitrogen and oxygen atoms in total. The van der Waals surface area contributed by atoms with Crippen molar-refractivity contribution in [2.45, 2.75) is 104 Å². The van der Waals surface area contributed by atoms with Crippen LogP contribution < -0.4 is 0 Å². The summed E-state index contributed by atoms with van der Waals surface area (Å²) in [6.45, 7) is 10.4. The first-order valence-electron chi connectivity index (χ1n) is 10.1. The lowest BCUT2D eigenvalue weighted by molar-refractivity contribution is 0.0680. The van der Waals surface area contributed by atoms with Crippen LogP contribution in [-0.2, 0) is 9.47 Å². The number of hydrogen-bond acceptors (Lipinski definition) is 3. The molecular formula is C20H42O2S. The van der Waals surface area contributed by atoms with E-state index in [2.05, 4.69) is 27.7 Å². The maximum absolute atomic E-state index is 5.92. The zero-order valence-electron chi connectivity index (χ0n) is 16.3. The molecule has 0 saturated carbocycles. The van der Waals surface area contributed by atoms with Crippen molar-refractivity contribution < 1.29 is 9.47 Å². The lowest BCUT2D eigenvalue weighted by atomic mass is 10.1. The van der Waals surface area contributed by atoms with Crippen molar-refractivity contribution in [3.63, 3.8) is 0 Å². The molecule has 0 bridgehead atoms. The SMILES string of the molecule is CCCCCCC(CSCC(CCCCCC)OCC)OCC. The third-order valence-electron chi connectivity index (χ3n) is 4.17. The molecule has 2 atom stereocenters. The Morgan fingerprint density at radius 3 is 1.39 bits per heavy atom. The van der Waals surface area contributed by atoms with Gasteiger partial charge >= 0.3 is 0 Å². The number of ether oxygens (including phenoxy) is 2. The number of thioether (sulfide) groups is 1. The van der Waals surface area contributed by atoms with Crippen molar-refractivity contribution in [1.29, 1.82) is 0 Å². The molecule has 3 heteroatoms. The second kappa shape index (κ2) is 18.6. The van der Waals surface area contributed by atoms with Gasteiger partial charge in [-0.3, -0.25) is 0 Å². The quantitative estimate of drug-likeness (QED) is 0.265. The molecule has 0 aromatic rings. The Morgan fingerprint density at radius 1 is 0.609 bits per heavy atom. The number of unbranched alkanes of at least 4 members (excludes halogenated alkanes) is 6. The number of hydrogen-bond donors (Lipinski definition) is 0. The molecule has 0 heterocycles. The van der Waals surface area contributed by atoms with Crippen LogP contribution in [0.4, 0.5) is 0 Å². The fourth-order valence-electron chi connectivity index (χ4n) is 2.83. The molecule has 0 amide bonds. The first-order valence-corrected chi connectivity index (χ1v) is 11.2. The lowest BCUT2D eigenvalue weighted by Gasteiger charge is -2.20. The van der Waals surface area contributed by atoms with Crippen LogP contribution in [-0.4, -0.2) is 36.9 Å². The molecule has 0 spiro atoms. The average molecular weight is 347 g/mol. The van der Waals surface area contributed by atoms with Crippen LogP contribution in [0.5, 0.6) is 0 Å². The van der Waals surface area contributed by atoms with Crippen molar-refractivity contribution in [3.05, 3.63) is 0 Å². The van der Waals surface area contributed by atoms with Gasteiger partial charge in [0.1, 0.15) is 0 Å². The normalized spacial score (nSPS) is 14.1. The van der Waals surface area contributed by atoms with E-state index in [-0.39, 0.29) is 0 Å². The highest BCUT2D eigenvalue weighted by Crippen LogP contribution is 2.18. The summed E-state index contributed by atoms with van der Waals surface area (Å²) < 4.78 is 11.8. The van der Waals surface area contributed by atoms with Crippen molar-refractivity contribution >= 4 is 11.8 Å². The van der Waals surface area contributed by atoms with Crippen molar-refractivity contribution in [3.8, 4) is 0 Å². The average Bonchev–Trinajstić information content (AvgIpc) is 2.55. The lowest BCUT2D eigenvalue weighted by Crippen LogP contribution is -2.20. The van der Waals surface area contributed by atoms with Crippen LogP contribution >= 0.6 is 11.8 Å². The van der Waals surface area contributed by atoms with Crippen LogP contribution in [0, 0.1) is 0 Å². The van der Waals surface area contributed by atoms with E-state index in [1.54, 1.807) is 0 Å². The highest BCUT2D eigenvalue weighted by molar-refractivity contribution is 7.99. The summed E-state index contributed by atoms with van der Waals surface area (Å²) in [5, 5.41) is 0. The minimum absolute atomic E-state index is 0.434. The Labute approximate surface area is 150 Å². The van der Waals surface area contributed by atoms with E-state index in [0.29, 0.717) is 12.2 Å². The van der Waals surface area contributed by atoms with Gasteiger partial charge in [0.25, 0.3) is 0 Å². The summed E-state index contributed by atoms with van der Waals surface area (Å²) in [5.41, 5.74) is 0. The maximum atomic E-state index is 5.92. The zero-order valence-corrected chi connectivity index (χ0v) is 17.1. The third kappa shape index (κ3) is 15.5. The van der Waals surface area contributed by atoms with E-state index < -0.39 is 0 Å². The highest BCUT2D eigenvalue weighted by atomic mass is 32.2. The molecule has 0 N–H and O–H groups in total. The molecule has 2 unspecified atom stereocenters. The van der Waals surface area contributed by atoms with E-state index >= 15 is 0 Å². The summed E-state index contributed by atoms with van der Waals surface area (Å²) in [6, 6.07) is 0. The summed E-state index contributed by atoms with van der Waals surface area (Å²) in [7, 11) is 0. The second-order valence-electron chi connectivity index (χ2n) is 6.39. The fourth-order valence-corrected chi connectivity index (χ4v) is 4.02. The standard InChI is InChI=1S/C20H42O2S/c1-5-9-11-13-15-19(21-7-3)17-23-18-20(22-8-4)16-14-12-10-6-2/h19-20H,5-18H2,1-4H3. The van der Waals surface area contributed by atoms with E-state index in [9.17, 15) is 0 Å². The Bertz CT molecular complexity index is 202. The first kappa shape index (κ1) is 23.3. The largest absolute Gasteiger partial charge is 0.378 e. The van der Waals surface area contributed by atoms with Gasteiger partial charge in [-0.2, -0.15) is 11.8 Å². The first-order chi connectivity index (χ1) is 11.3. The monoisotopic (exact) mass is 346 g/mol. The van der Waals surface area contributed by atoms with Crippen LogP contribution in [0.3, 0.4) is 0 Å². The summed E-state index contributed by atoms with van der Waals surface area (Å²) >= 11 is 2.03. The Morgan fingerprint density at radius 2 is 1.04 bits per heavy atom. The summed E-state index contributed by atoms with van der Waals surface area (Å²) in [5.74, 6) is 2.25. The molecule has 0 radical (unpaired) electrons. The Kier molecular flexibility index (Phi) is 18.8. The predicted molar refractivity (Wildman–Crippen MR) is 106 cm³/mol. The van der Waals surface area contributed by atoms with Gasteiger partial charge in [0, 0.05) is 24.7 Å². The molecule has 0 aromatic heterocycles. The van der Waals surface area contributed by atoms with E-state index in [0.717, 1.165) is 24.7 Å². The molecule has 0 rings (SSSR count). The van der Waals surface area contributed by atoms with Gasteiger partial charge in [-0.1, -0.05) is 65.2 Å². The Balaban J connectivity index is 3.89. The molecule has 0 aliphatic rings. The Hall–Kier alpha value is 0.270. The molecule has 23 heavy (non-hydrogen) atoms. The van der Waals surface area contributed by atoms with Gasteiger partial charge < -0.3 is 9.47 Å². The third-order valence-corrected chi connectivity index (χ3v) is 5.39. The summed E-state index contributed by atoms with van der Waals surface area (Å²) in [6.07, 6.45) is 14.0. The van der Waals surface area contributed by atoms with E-state index in [4.69, 9.17) is 9.47 Å². The van der Waals surface area contributed by atoms with Gasteiger partial charge in [-0.25, -0.2) is 0 Å². The predicted octanol–water partition coefficient (Wildman–Crippen LogP) is 6.47. The van der Waals surface area contributed by atoms with Crippen LogP contribution in [0.1, 0.15) is 91.9 Å². The second-order valence-corrected chi connectivity index (χ2v) is 7.47. The molecular weight excluding hydrogens is 304 g/mol. The molecule has 0 aliphatic heterocycles. The van der Waals surface area contributed by atoms with Crippen LogP contribution in [0.25, 0.3) is 0 Å². The van der Waals surface area contributed by atoms with Gasteiger partial charge in [-0.05, 0) is 26.7 Å². The van der Waals surface area contributed by atoms with E-state index in [1.165, 1.54) is 64.2 Å². The topological polar surface area (TPSA) is 18.5 Å².